The largest absolute Gasteiger partial charge is 0.466 e. The molecule has 0 saturated carbocycles. The average molecular weight is 389 g/mol. The molecule has 0 aromatic rings. The number of rotatable bonds is 6. The summed E-state index contributed by atoms with van der Waals surface area (Å²) in [6.45, 7) is 12.3. The van der Waals surface area contributed by atoms with E-state index in [1.807, 2.05) is 19.1 Å². The number of carbonyl (C=O) groups excluding carboxylic acids is 1. The molecule has 5 atom stereocenters. The molecule has 2 rings (SSSR count). The fourth-order valence-electron chi connectivity index (χ4n) is 3.82. The Labute approximate surface area is 170 Å². The van der Waals surface area contributed by atoms with E-state index in [1.54, 1.807) is 0 Å². The van der Waals surface area contributed by atoms with E-state index in [0.717, 1.165) is 37.7 Å². The third-order valence-corrected chi connectivity index (χ3v) is 5.96. The molecule has 0 radical (unpaired) electrons. The van der Waals surface area contributed by atoms with Gasteiger partial charge in [0.05, 0.1) is 19.3 Å². The van der Waals surface area contributed by atoms with E-state index in [4.69, 9.17) is 9.47 Å². The van der Waals surface area contributed by atoms with Crippen LogP contribution >= 0.6 is 0 Å². The smallest absolute Gasteiger partial charge is 0.330 e. The first-order chi connectivity index (χ1) is 13.3. The fraction of sp³-hybridized carbons (Fsp3) is 0.625. The van der Waals surface area contributed by atoms with Crippen LogP contribution in [0.3, 0.4) is 0 Å². The summed E-state index contributed by atoms with van der Waals surface area (Å²) in [7, 11) is 1.38. The Balaban J connectivity index is 2.08. The molecule has 156 valence electrons. The minimum Gasteiger partial charge on any atom is -0.466 e. The van der Waals surface area contributed by atoms with Crippen LogP contribution in [-0.2, 0) is 19.0 Å². The molecular weight excluding hydrogens is 352 g/mol. The molecule has 2 aliphatic heterocycles. The maximum atomic E-state index is 11.4. The van der Waals surface area contributed by atoms with Crippen LogP contribution in [0, 0.1) is 11.8 Å². The summed E-state index contributed by atoms with van der Waals surface area (Å²) in [4.78, 5) is 11.4. The van der Waals surface area contributed by atoms with Crippen LogP contribution in [-0.4, -0.2) is 31.1 Å². The molecule has 0 aliphatic carbocycles. The highest BCUT2D eigenvalue weighted by molar-refractivity contribution is 5.83. The minimum atomic E-state index is -0.491. The zero-order chi connectivity index (χ0) is 20.7. The van der Waals surface area contributed by atoms with Crippen LogP contribution in [0.1, 0.15) is 59.8 Å². The van der Waals surface area contributed by atoms with Crippen molar-refractivity contribution < 1.29 is 19.0 Å². The van der Waals surface area contributed by atoms with Crippen molar-refractivity contribution in [2.24, 2.45) is 11.8 Å². The molecule has 28 heavy (non-hydrogen) atoms. The topological polar surface area (TPSA) is 44.8 Å². The van der Waals surface area contributed by atoms with Crippen molar-refractivity contribution in [2.45, 2.75) is 77.8 Å². The van der Waals surface area contributed by atoms with Crippen LogP contribution < -0.4 is 0 Å². The summed E-state index contributed by atoms with van der Waals surface area (Å²) in [5.74, 6) is 0.0968. The van der Waals surface area contributed by atoms with Crippen molar-refractivity contribution in [1.29, 1.82) is 0 Å². The number of hydrogen-bond donors (Lipinski definition) is 0. The second-order valence-corrected chi connectivity index (χ2v) is 8.34. The van der Waals surface area contributed by atoms with E-state index in [0.29, 0.717) is 11.8 Å². The fourth-order valence-corrected chi connectivity index (χ4v) is 3.82. The molecular formula is C24H36O4. The first kappa shape index (κ1) is 22.6. The monoisotopic (exact) mass is 388 g/mol. The lowest BCUT2D eigenvalue weighted by Crippen LogP contribution is -2.51. The molecule has 0 aromatic carbocycles. The van der Waals surface area contributed by atoms with Gasteiger partial charge in [0.1, 0.15) is 0 Å². The molecule has 1 spiro atoms. The summed E-state index contributed by atoms with van der Waals surface area (Å²) < 4.78 is 17.8. The Morgan fingerprint density at radius 1 is 1.14 bits per heavy atom. The van der Waals surface area contributed by atoms with E-state index in [9.17, 15) is 4.79 Å². The van der Waals surface area contributed by atoms with Crippen molar-refractivity contribution in [3.05, 3.63) is 48.1 Å². The predicted molar refractivity (Wildman–Crippen MR) is 113 cm³/mol. The number of hydrogen-bond acceptors (Lipinski definition) is 4. The van der Waals surface area contributed by atoms with Gasteiger partial charge in [-0.05, 0) is 50.5 Å². The Morgan fingerprint density at radius 2 is 1.82 bits per heavy atom. The van der Waals surface area contributed by atoms with Crippen molar-refractivity contribution in [2.75, 3.05) is 7.11 Å². The molecule has 2 heterocycles. The minimum absolute atomic E-state index is 0.0192. The van der Waals surface area contributed by atoms with Gasteiger partial charge in [-0.3, -0.25) is 0 Å². The predicted octanol–water partition coefficient (Wildman–Crippen LogP) is 5.51. The standard InChI is InChI=1S/C24H36O4/c1-7-17(2)8-10-21-19(4)12-14-24(27-21)15-13-20(5)22(28-24)11-9-18(3)16-23(25)26-6/h7-9,11,16,19-22H,1,10,12-15H2,2-6H3/b11-9+,17-8+,18-16+/t19-,20-,21+,22-,24+/m0/s1. The number of carbonyl (C=O) groups is 1. The molecule has 0 aromatic heterocycles. The number of esters is 1. The van der Waals surface area contributed by atoms with Crippen LogP contribution in [0.15, 0.2) is 48.1 Å². The molecule has 0 N–H and O–H groups in total. The van der Waals surface area contributed by atoms with Gasteiger partial charge < -0.3 is 14.2 Å². The zero-order valence-electron chi connectivity index (χ0n) is 18.1. The highest BCUT2D eigenvalue weighted by Gasteiger charge is 2.45. The quantitative estimate of drug-likeness (QED) is 0.342. The van der Waals surface area contributed by atoms with Crippen LogP contribution in [0.25, 0.3) is 0 Å². The van der Waals surface area contributed by atoms with Crippen molar-refractivity contribution >= 4 is 5.97 Å². The summed E-state index contributed by atoms with van der Waals surface area (Å²) in [6.07, 6.45) is 14.7. The van der Waals surface area contributed by atoms with Gasteiger partial charge in [0.2, 0.25) is 0 Å². The lowest BCUT2D eigenvalue weighted by Gasteiger charge is -2.49. The molecule has 2 fully saturated rings. The first-order valence-electron chi connectivity index (χ1n) is 10.4. The highest BCUT2D eigenvalue weighted by atomic mass is 16.7. The highest BCUT2D eigenvalue weighted by Crippen LogP contribution is 2.43. The summed E-state index contributed by atoms with van der Waals surface area (Å²) in [5, 5.41) is 0. The lowest BCUT2D eigenvalue weighted by molar-refractivity contribution is -0.323. The Kier molecular flexibility index (Phi) is 8.26. The van der Waals surface area contributed by atoms with Crippen LogP contribution in [0.2, 0.25) is 0 Å². The Bertz CT molecular complexity index is 641. The van der Waals surface area contributed by atoms with Crippen LogP contribution in [0.4, 0.5) is 0 Å². The molecule has 0 bridgehead atoms. The summed E-state index contributed by atoms with van der Waals surface area (Å²) >= 11 is 0. The SMILES string of the molecule is C=C/C(C)=C/C[C@H]1O[C@]2(CC[C@H](C)[C@H](/C=C/C(C)=C/C(=O)OC)O2)CC[C@@H]1C. The van der Waals surface area contributed by atoms with Crippen LogP contribution in [0.5, 0.6) is 0 Å². The molecule has 2 saturated heterocycles. The van der Waals surface area contributed by atoms with Crippen molar-refractivity contribution in [3.8, 4) is 0 Å². The van der Waals surface area contributed by atoms with Gasteiger partial charge in [0, 0.05) is 18.9 Å². The molecule has 4 heteroatoms. The Morgan fingerprint density at radius 3 is 2.46 bits per heavy atom. The average Bonchev–Trinajstić information content (AvgIpc) is 2.69. The van der Waals surface area contributed by atoms with Crippen molar-refractivity contribution in [1.82, 2.24) is 0 Å². The van der Waals surface area contributed by atoms with E-state index < -0.39 is 5.79 Å². The Hall–Kier alpha value is -1.65. The number of allylic oxidation sites excluding steroid dienone is 4. The molecule has 0 amide bonds. The third kappa shape index (κ3) is 6.18. The summed E-state index contributed by atoms with van der Waals surface area (Å²) in [5.41, 5.74) is 2.03. The van der Waals surface area contributed by atoms with E-state index >= 15 is 0 Å². The number of ether oxygens (including phenoxy) is 3. The first-order valence-corrected chi connectivity index (χ1v) is 10.4. The molecule has 2 aliphatic rings. The van der Waals surface area contributed by atoms with E-state index in [2.05, 4.69) is 44.2 Å². The van der Waals surface area contributed by atoms with Gasteiger partial charge in [-0.1, -0.05) is 50.3 Å². The van der Waals surface area contributed by atoms with E-state index in [-0.39, 0.29) is 18.2 Å². The van der Waals surface area contributed by atoms with Crippen molar-refractivity contribution in [3.63, 3.8) is 0 Å². The lowest BCUT2D eigenvalue weighted by atomic mass is 9.83. The maximum absolute atomic E-state index is 11.4. The van der Waals surface area contributed by atoms with Gasteiger partial charge in [-0.15, -0.1) is 0 Å². The third-order valence-electron chi connectivity index (χ3n) is 5.96. The van der Waals surface area contributed by atoms with Gasteiger partial charge >= 0.3 is 5.97 Å². The van der Waals surface area contributed by atoms with Gasteiger partial charge in [0.25, 0.3) is 0 Å². The number of methoxy groups -OCH3 is 1. The molecule has 4 nitrogen and oxygen atoms in total. The second kappa shape index (κ2) is 10.2. The maximum Gasteiger partial charge on any atom is 0.330 e. The molecule has 0 unspecified atom stereocenters. The summed E-state index contributed by atoms with van der Waals surface area (Å²) in [6, 6.07) is 0. The van der Waals surface area contributed by atoms with Gasteiger partial charge in [-0.2, -0.15) is 0 Å². The zero-order valence-corrected chi connectivity index (χ0v) is 18.1. The normalized spacial score (nSPS) is 34.6. The van der Waals surface area contributed by atoms with E-state index in [1.165, 1.54) is 18.8 Å². The second-order valence-electron chi connectivity index (χ2n) is 8.34. The van der Waals surface area contributed by atoms with Gasteiger partial charge in [-0.25, -0.2) is 4.79 Å². The van der Waals surface area contributed by atoms with Gasteiger partial charge in [0.15, 0.2) is 5.79 Å².